The second kappa shape index (κ2) is 9.84. The maximum absolute atomic E-state index is 13.6. The van der Waals surface area contributed by atoms with Crippen LogP contribution in [0.1, 0.15) is 39.2 Å². The van der Waals surface area contributed by atoms with E-state index in [4.69, 9.17) is 74.3 Å². The Labute approximate surface area is 241 Å². The van der Waals surface area contributed by atoms with Gasteiger partial charge in [0.1, 0.15) is 11.8 Å². The summed E-state index contributed by atoms with van der Waals surface area (Å²) in [6, 6.07) is 9.74. The van der Waals surface area contributed by atoms with E-state index >= 15 is 0 Å². The number of nitrogens with zero attached hydrogens (tertiary/aromatic N) is 2. The van der Waals surface area contributed by atoms with Gasteiger partial charge in [-0.2, -0.15) is 0 Å². The van der Waals surface area contributed by atoms with Gasteiger partial charge in [0, 0.05) is 5.69 Å². The zero-order valence-corrected chi connectivity index (χ0v) is 23.2. The third-order valence-electron chi connectivity index (χ3n) is 6.19. The highest BCUT2D eigenvalue weighted by molar-refractivity contribution is 6.55. The summed E-state index contributed by atoms with van der Waals surface area (Å²) in [5.74, 6) is -1.49. The van der Waals surface area contributed by atoms with Crippen LogP contribution in [-0.4, -0.2) is 35.3 Å². The second-order valence-electron chi connectivity index (χ2n) is 8.18. The van der Waals surface area contributed by atoms with Crippen molar-refractivity contribution in [2.75, 3.05) is 11.5 Å². The van der Waals surface area contributed by atoms with Gasteiger partial charge in [0.15, 0.2) is 0 Å². The molecule has 0 aliphatic carbocycles. The molecule has 3 aromatic rings. The fraction of sp³-hybridized carbons (Fsp3) is 0.160. The molecule has 2 aliphatic rings. The van der Waals surface area contributed by atoms with Gasteiger partial charge in [-0.3, -0.25) is 19.3 Å². The number of benzene rings is 3. The van der Waals surface area contributed by atoms with E-state index < -0.39 is 29.8 Å². The number of anilines is 1. The molecule has 2 heterocycles. The Morgan fingerprint density at radius 1 is 0.703 bits per heavy atom. The Morgan fingerprint density at radius 2 is 1.27 bits per heavy atom. The highest BCUT2D eigenvalue weighted by Crippen LogP contribution is 2.49. The normalized spacial score (nSPS) is 18.8. The fourth-order valence-electron chi connectivity index (χ4n) is 4.53. The number of ether oxygens (including phenoxy) is 1. The first-order chi connectivity index (χ1) is 17.6. The average molecular weight is 619 g/mol. The van der Waals surface area contributed by atoms with Gasteiger partial charge in [0.2, 0.25) is 0 Å². The molecule has 3 amide bonds. The van der Waals surface area contributed by atoms with E-state index in [1.165, 1.54) is 11.0 Å². The molecule has 5 rings (SSSR count). The number of amides is 3. The van der Waals surface area contributed by atoms with E-state index in [0.29, 0.717) is 28.6 Å². The predicted octanol–water partition coefficient (Wildman–Crippen LogP) is 7.76. The van der Waals surface area contributed by atoms with Crippen molar-refractivity contribution < 1.29 is 19.1 Å². The molecule has 37 heavy (non-hydrogen) atoms. The van der Waals surface area contributed by atoms with Crippen LogP contribution in [0.25, 0.3) is 0 Å². The molecule has 190 valence electrons. The smallest absolute Gasteiger partial charge is 0.264 e. The van der Waals surface area contributed by atoms with Crippen LogP contribution >= 0.6 is 69.6 Å². The van der Waals surface area contributed by atoms with Crippen LogP contribution in [0.15, 0.2) is 42.5 Å². The van der Waals surface area contributed by atoms with Crippen molar-refractivity contribution in [3.05, 3.63) is 89.3 Å². The average Bonchev–Trinajstić information content (AvgIpc) is 3.13. The van der Waals surface area contributed by atoms with E-state index in [1.54, 1.807) is 36.4 Å². The summed E-state index contributed by atoms with van der Waals surface area (Å²) >= 11 is 37.1. The summed E-state index contributed by atoms with van der Waals surface area (Å²) in [5.41, 5.74) is 0.687. The van der Waals surface area contributed by atoms with E-state index in [9.17, 15) is 14.4 Å². The SMILES string of the molecule is CCOc1ccc([C@H]2[C@@H](N3C(=O)c4c(Cl)c(Cl)c(Cl)c(Cl)c4C3=O)C(=O)N2c2ccc(Cl)c(Cl)c2)cc1. The molecule has 0 saturated carbocycles. The predicted molar refractivity (Wildman–Crippen MR) is 145 cm³/mol. The van der Waals surface area contributed by atoms with Gasteiger partial charge in [-0.15, -0.1) is 0 Å². The number of rotatable bonds is 5. The van der Waals surface area contributed by atoms with Gasteiger partial charge >= 0.3 is 0 Å². The first-order valence-corrected chi connectivity index (χ1v) is 13.1. The van der Waals surface area contributed by atoms with Gasteiger partial charge in [-0.1, -0.05) is 81.7 Å². The van der Waals surface area contributed by atoms with Gasteiger partial charge in [-0.25, -0.2) is 0 Å². The maximum Gasteiger partial charge on any atom is 0.264 e. The molecule has 0 unspecified atom stereocenters. The molecule has 2 aliphatic heterocycles. The van der Waals surface area contributed by atoms with Crippen LogP contribution in [0.4, 0.5) is 5.69 Å². The standard InChI is InChI=1S/C25H14Cl6N2O4/c1-2-37-12-6-3-10(4-7-12)21-22(25(36)32(21)11-5-8-13(26)14(27)9-11)33-23(34)15-16(24(33)35)18(29)20(31)19(30)17(15)28/h3-9,21-22H,2H2,1H3/t21-,22+/m0/s1. The van der Waals surface area contributed by atoms with Crippen molar-refractivity contribution in [2.45, 2.75) is 19.0 Å². The van der Waals surface area contributed by atoms with Gasteiger partial charge < -0.3 is 9.64 Å². The molecule has 0 radical (unpaired) electrons. The Morgan fingerprint density at radius 3 is 1.78 bits per heavy atom. The summed E-state index contributed by atoms with van der Waals surface area (Å²) in [4.78, 5) is 42.9. The number of fused-ring (bicyclic) bond motifs is 1. The zero-order chi connectivity index (χ0) is 26.8. The minimum Gasteiger partial charge on any atom is -0.494 e. The lowest BCUT2D eigenvalue weighted by Crippen LogP contribution is -2.67. The lowest BCUT2D eigenvalue weighted by Gasteiger charge is -2.49. The highest BCUT2D eigenvalue weighted by Gasteiger charge is 2.58. The molecular weight excluding hydrogens is 605 g/mol. The van der Waals surface area contributed by atoms with E-state index in [1.807, 2.05) is 6.92 Å². The monoisotopic (exact) mass is 616 g/mol. The third-order valence-corrected chi connectivity index (χ3v) is 8.73. The summed E-state index contributed by atoms with van der Waals surface area (Å²) in [6.45, 7) is 2.33. The molecule has 1 saturated heterocycles. The Hall–Kier alpha value is -2.19. The third kappa shape index (κ3) is 4.06. The van der Waals surface area contributed by atoms with E-state index in [2.05, 4.69) is 0 Å². The van der Waals surface area contributed by atoms with E-state index in [0.717, 1.165) is 4.90 Å². The minimum absolute atomic E-state index is 0.157. The van der Waals surface area contributed by atoms with Crippen molar-refractivity contribution >= 4 is 93.0 Å². The minimum atomic E-state index is -1.20. The number of imide groups is 1. The summed E-state index contributed by atoms with van der Waals surface area (Å²) in [6.07, 6.45) is 0. The zero-order valence-electron chi connectivity index (χ0n) is 18.7. The van der Waals surface area contributed by atoms with Crippen molar-refractivity contribution in [1.29, 1.82) is 0 Å². The van der Waals surface area contributed by atoms with Gasteiger partial charge in [0.05, 0.1) is 53.9 Å². The fourth-order valence-corrected chi connectivity index (χ4v) is 5.83. The lowest BCUT2D eigenvalue weighted by atomic mass is 9.86. The summed E-state index contributed by atoms with van der Waals surface area (Å²) in [5, 5.41) is -0.184. The highest BCUT2D eigenvalue weighted by atomic mass is 35.5. The number of hydrogen-bond acceptors (Lipinski definition) is 4. The number of β-lactam (4-membered cyclic amide) rings is 1. The molecule has 0 spiro atoms. The van der Waals surface area contributed by atoms with E-state index in [-0.39, 0.29) is 36.2 Å². The van der Waals surface area contributed by atoms with Crippen molar-refractivity contribution in [3.8, 4) is 5.75 Å². The molecule has 2 atom stereocenters. The number of hydrogen-bond donors (Lipinski definition) is 0. The van der Waals surface area contributed by atoms with Crippen LogP contribution in [-0.2, 0) is 4.79 Å². The molecule has 0 N–H and O–H groups in total. The summed E-state index contributed by atoms with van der Waals surface area (Å²) in [7, 11) is 0. The van der Waals surface area contributed by atoms with Crippen LogP contribution in [0.5, 0.6) is 5.75 Å². The summed E-state index contributed by atoms with van der Waals surface area (Å²) < 4.78 is 5.52. The quantitative estimate of drug-likeness (QED) is 0.127. The molecule has 0 bridgehead atoms. The molecular formula is C25H14Cl6N2O4. The first-order valence-electron chi connectivity index (χ1n) is 10.8. The Bertz CT molecular complexity index is 1450. The molecule has 3 aromatic carbocycles. The van der Waals surface area contributed by atoms with Crippen LogP contribution < -0.4 is 9.64 Å². The van der Waals surface area contributed by atoms with Crippen LogP contribution in [0.2, 0.25) is 30.1 Å². The second-order valence-corrected chi connectivity index (χ2v) is 10.5. The van der Waals surface area contributed by atoms with Crippen molar-refractivity contribution in [3.63, 3.8) is 0 Å². The molecule has 12 heteroatoms. The number of carbonyl (C=O) groups excluding carboxylic acids is 3. The first kappa shape index (κ1) is 26.4. The Balaban J connectivity index is 1.62. The number of carbonyl (C=O) groups is 3. The van der Waals surface area contributed by atoms with Crippen LogP contribution in [0.3, 0.4) is 0 Å². The Kier molecular flexibility index (Phi) is 7.03. The molecule has 1 fully saturated rings. The molecule has 0 aromatic heterocycles. The van der Waals surface area contributed by atoms with Gasteiger partial charge in [-0.05, 0) is 42.8 Å². The lowest BCUT2D eigenvalue weighted by molar-refractivity contribution is -0.130. The molecule has 6 nitrogen and oxygen atoms in total. The number of halogens is 6. The topological polar surface area (TPSA) is 66.9 Å². The van der Waals surface area contributed by atoms with Crippen molar-refractivity contribution in [2.24, 2.45) is 0 Å². The van der Waals surface area contributed by atoms with Crippen LogP contribution in [0, 0.1) is 0 Å². The largest absolute Gasteiger partial charge is 0.494 e. The van der Waals surface area contributed by atoms with Crippen molar-refractivity contribution in [1.82, 2.24) is 4.90 Å². The van der Waals surface area contributed by atoms with Gasteiger partial charge in [0.25, 0.3) is 17.7 Å². The maximum atomic E-state index is 13.6.